The molecule has 2 aliphatic rings. The molecule has 0 saturated heterocycles. The summed E-state index contributed by atoms with van der Waals surface area (Å²) >= 11 is 0. The Hall–Kier alpha value is -2.49. The molecule has 21 heavy (non-hydrogen) atoms. The van der Waals surface area contributed by atoms with Gasteiger partial charge in [-0.2, -0.15) is 0 Å². The van der Waals surface area contributed by atoms with Crippen LogP contribution in [0.1, 0.15) is 38.6 Å². The highest BCUT2D eigenvalue weighted by molar-refractivity contribution is 6.21. The van der Waals surface area contributed by atoms with Crippen LogP contribution in [0.3, 0.4) is 0 Å². The summed E-state index contributed by atoms with van der Waals surface area (Å²) < 4.78 is 13.0. The number of carbonyl (C=O) groups excluding carboxylic acids is 2. The van der Waals surface area contributed by atoms with Gasteiger partial charge in [0.1, 0.15) is 5.82 Å². The number of imide groups is 1. The van der Waals surface area contributed by atoms with Crippen molar-refractivity contribution in [3.05, 3.63) is 71.0 Å². The summed E-state index contributed by atoms with van der Waals surface area (Å²) in [6, 6.07) is 13.0. The Kier molecular flexibility index (Phi) is 2.48. The molecule has 0 N–H and O–H groups in total. The lowest BCUT2D eigenvalue weighted by molar-refractivity contribution is 0.0639. The molecule has 1 saturated carbocycles. The Bertz CT molecular complexity index is 719. The minimum Gasteiger partial charge on any atom is -0.271 e. The standard InChI is InChI=1S/C17H12FNO2/c18-11-7-5-10(6-8-11)14-9-15(14)19-16(20)12-3-1-2-4-13(12)17(19)21/h1-8,14-15H,9H2/t14-,15?/m1/s1. The van der Waals surface area contributed by atoms with Gasteiger partial charge in [-0.1, -0.05) is 24.3 Å². The molecule has 2 atom stereocenters. The largest absolute Gasteiger partial charge is 0.271 e. The number of benzene rings is 2. The maximum absolute atomic E-state index is 13.0. The van der Waals surface area contributed by atoms with E-state index < -0.39 is 0 Å². The zero-order valence-corrected chi connectivity index (χ0v) is 11.1. The lowest BCUT2D eigenvalue weighted by Gasteiger charge is -2.13. The van der Waals surface area contributed by atoms with Gasteiger partial charge < -0.3 is 0 Å². The molecular weight excluding hydrogens is 269 g/mol. The minimum atomic E-state index is -0.281. The molecule has 1 fully saturated rings. The van der Waals surface area contributed by atoms with Gasteiger partial charge in [0.2, 0.25) is 0 Å². The van der Waals surface area contributed by atoms with Gasteiger partial charge in [0, 0.05) is 12.0 Å². The smallest absolute Gasteiger partial charge is 0.261 e. The highest BCUT2D eigenvalue weighted by atomic mass is 19.1. The van der Waals surface area contributed by atoms with Crippen molar-refractivity contribution in [3.8, 4) is 0 Å². The van der Waals surface area contributed by atoms with Crippen molar-refractivity contribution < 1.29 is 14.0 Å². The number of rotatable bonds is 2. The summed E-state index contributed by atoms with van der Waals surface area (Å²) in [7, 11) is 0. The van der Waals surface area contributed by atoms with E-state index in [2.05, 4.69) is 0 Å². The Morgan fingerprint density at radius 2 is 1.48 bits per heavy atom. The summed E-state index contributed by atoms with van der Waals surface area (Å²) in [4.78, 5) is 26.1. The number of halogens is 1. The van der Waals surface area contributed by atoms with Gasteiger partial charge in [-0.25, -0.2) is 4.39 Å². The van der Waals surface area contributed by atoms with Crippen LogP contribution in [0.4, 0.5) is 4.39 Å². The second-order valence-electron chi connectivity index (χ2n) is 5.49. The van der Waals surface area contributed by atoms with E-state index in [1.165, 1.54) is 17.0 Å². The fourth-order valence-electron chi connectivity index (χ4n) is 3.04. The van der Waals surface area contributed by atoms with E-state index in [-0.39, 0.29) is 29.6 Å². The zero-order chi connectivity index (χ0) is 14.6. The number of nitrogens with zero attached hydrogens (tertiary/aromatic N) is 1. The van der Waals surface area contributed by atoms with E-state index in [0.29, 0.717) is 11.1 Å². The van der Waals surface area contributed by atoms with Crippen LogP contribution >= 0.6 is 0 Å². The third-order valence-corrected chi connectivity index (χ3v) is 4.21. The van der Waals surface area contributed by atoms with E-state index in [1.54, 1.807) is 36.4 Å². The summed E-state index contributed by atoms with van der Waals surface area (Å²) in [6.07, 6.45) is 0.747. The van der Waals surface area contributed by atoms with E-state index in [4.69, 9.17) is 0 Å². The van der Waals surface area contributed by atoms with E-state index in [9.17, 15) is 14.0 Å². The lowest BCUT2D eigenvalue weighted by atomic mass is 10.1. The number of amides is 2. The van der Waals surface area contributed by atoms with Crippen molar-refractivity contribution in [2.24, 2.45) is 0 Å². The Morgan fingerprint density at radius 3 is 2.05 bits per heavy atom. The highest BCUT2D eigenvalue weighted by Gasteiger charge is 2.51. The second-order valence-corrected chi connectivity index (χ2v) is 5.49. The van der Waals surface area contributed by atoms with Gasteiger partial charge in [0.25, 0.3) is 11.8 Å². The molecule has 0 radical (unpaired) electrons. The molecule has 1 heterocycles. The number of hydrogen-bond acceptors (Lipinski definition) is 2. The molecular formula is C17H12FNO2. The van der Waals surface area contributed by atoms with E-state index >= 15 is 0 Å². The topological polar surface area (TPSA) is 37.4 Å². The molecule has 1 aliphatic heterocycles. The van der Waals surface area contributed by atoms with Crippen molar-refractivity contribution in [2.45, 2.75) is 18.4 Å². The Labute approximate surface area is 121 Å². The van der Waals surface area contributed by atoms with Crippen LogP contribution < -0.4 is 0 Å². The molecule has 1 unspecified atom stereocenters. The van der Waals surface area contributed by atoms with Crippen molar-refractivity contribution in [1.82, 2.24) is 4.90 Å². The van der Waals surface area contributed by atoms with Gasteiger partial charge in [-0.3, -0.25) is 14.5 Å². The van der Waals surface area contributed by atoms with Crippen LogP contribution in [-0.2, 0) is 0 Å². The van der Waals surface area contributed by atoms with Gasteiger partial charge in [0.15, 0.2) is 0 Å². The molecule has 1 aliphatic carbocycles. The highest BCUT2D eigenvalue weighted by Crippen LogP contribution is 2.47. The molecule has 2 aromatic carbocycles. The average Bonchev–Trinajstić information content (AvgIpc) is 3.23. The Morgan fingerprint density at radius 1 is 0.905 bits per heavy atom. The summed E-state index contributed by atoms with van der Waals surface area (Å²) in [6.45, 7) is 0. The fraction of sp³-hybridized carbons (Fsp3) is 0.176. The van der Waals surface area contributed by atoms with Crippen LogP contribution in [-0.4, -0.2) is 22.8 Å². The first-order chi connectivity index (χ1) is 10.2. The quantitative estimate of drug-likeness (QED) is 0.794. The van der Waals surface area contributed by atoms with Crippen LogP contribution in [0.25, 0.3) is 0 Å². The molecule has 3 nitrogen and oxygen atoms in total. The summed E-state index contributed by atoms with van der Waals surface area (Å²) in [5.74, 6) is -0.597. The first-order valence-electron chi connectivity index (χ1n) is 6.89. The van der Waals surface area contributed by atoms with Crippen LogP contribution in [0.5, 0.6) is 0 Å². The predicted octanol–water partition coefficient (Wildman–Crippen LogP) is 2.98. The average molecular weight is 281 g/mol. The van der Waals surface area contributed by atoms with Crippen LogP contribution in [0.2, 0.25) is 0 Å². The second kappa shape index (κ2) is 4.25. The van der Waals surface area contributed by atoms with Crippen molar-refractivity contribution in [1.29, 1.82) is 0 Å². The number of carbonyl (C=O) groups is 2. The molecule has 2 amide bonds. The van der Waals surface area contributed by atoms with E-state index in [1.807, 2.05) is 0 Å². The molecule has 0 bridgehead atoms. The number of fused-ring (bicyclic) bond motifs is 1. The third-order valence-electron chi connectivity index (χ3n) is 4.21. The summed E-state index contributed by atoms with van der Waals surface area (Å²) in [5, 5.41) is 0. The molecule has 2 aromatic rings. The first-order valence-corrected chi connectivity index (χ1v) is 6.89. The lowest BCUT2D eigenvalue weighted by Crippen LogP contribution is -2.32. The van der Waals surface area contributed by atoms with Gasteiger partial charge in [-0.15, -0.1) is 0 Å². The van der Waals surface area contributed by atoms with Crippen LogP contribution in [0.15, 0.2) is 48.5 Å². The predicted molar refractivity (Wildman–Crippen MR) is 74.5 cm³/mol. The molecule has 0 aromatic heterocycles. The van der Waals surface area contributed by atoms with Crippen molar-refractivity contribution in [2.75, 3.05) is 0 Å². The zero-order valence-electron chi connectivity index (χ0n) is 11.1. The third kappa shape index (κ3) is 1.79. The Balaban J connectivity index is 1.61. The maximum Gasteiger partial charge on any atom is 0.261 e. The van der Waals surface area contributed by atoms with Crippen LogP contribution in [0, 0.1) is 5.82 Å². The van der Waals surface area contributed by atoms with Crippen molar-refractivity contribution >= 4 is 11.8 Å². The SMILES string of the molecule is O=C1c2ccccc2C(=O)N1C1C[C@@H]1c1ccc(F)cc1. The monoisotopic (exact) mass is 281 g/mol. The first kappa shape index (κ1) is 12.3. The molecule has 4 rings (SSSR count). The van der Waals surface area contributed by atoms with E-state index in [0.717, 1.165) is 12.0 Å². The summed E-state index contributed by atoms with van der Waals surface area (Å²) in [5.41, 5.74) is 1.93. The van der Waals surface area contributed by atoms with Crippen molar-refractivity contribution in [3.63, 3.8) is 0 Å². The van der Waals surface area contributed by atoms with Gasteiger partial charge in [0.05, 0.1) is 11.1 Å². The molecule has 0 spiro atoms. The molecule has 4 heteroatoms. The maximum atomic E-state index is 13.0. The normalized spacial score (nSPS) is 23.4. The van der Waals surface area contributed by atoms with Gasteiger partial charge >= 0.3 is 0 Å². The number of hydrogen-bond donors (Lipinski definition) is 0. The fourth-order valence-corrected chi connectivity index (χ4v) is 3.04. The van der Waals surface area contributed by atoms with Gasteiger partial charge in [-0.05, 0) is 36.2 Å². The minimum absolute atomic E-state index is 0.108. The molecule has 104 valence electrons.